The number of aromatic nitrogens is 2. The third-order valence-corrected chi connectivity index (χ3v) is 3.27. The second-order valence-electron chi connectivity index (χ2n) is 4.85. The van der Waals surface area contributed by atoms with Crippen molar-refractivity contribution in [2.24, 2.45) is 0 Å². The van der Waals surface area contributed by atoms with E-state index in [2.05, 4.69) is 15.5 Å². The average Bonchev–Trinajstić information content (AvgIpc) is 3.19. The Morgan fingerprint density at radius 3 is 2.83 bits per heavy atom. The Bertz CT molecular complexity index is 867. The molecule has 3 aromatic rings. The Balaban J connectivity index is 1.78. The number of hydrogen-bond donors (Lipinski definition) is 2. The molecule has 0 bridgehead atoms. The summed E-state index contributed by atoms with van der Waals surface area (Å²) in [6, 6.07) is 9.27. The molecular formula is C15H12N4O4. The molecule has 0 saturated carbocycles. The van der Waals surface area contributed by atoms with E-state index in [1.807, 2.05) is 0 Å². The first-order valence-corrected chi connectivity index (χ1v) is 6.70. The van der Waals surface area contributed by atoms with Gasteiger partial charge in [-0.1, -0.05) is 0 Å². The molecule has 8 nitrogen and oxygen atoms in total. The zero-order valence-electron chi connectivity index (χ0n) is 12.1. The number of carbonyl (C=O) groups excluding carboxylic acids is 1. The van der Waals surface area contributed by atoms with E-state index < -0.39 is 10.8 Å². The van der Waals surface area contributed by atoms with Crippen LogP contribution in [0.2, 0.25) is 0 Å². The van der Waals surface area contributed by atoms with Crippen LogP contribution >= 0.6 is 0 Å². The van der Waals surface area contributed by atoms with Gasteiger partial charge in [-0.15, -0.1) is 0 Å². The minimum atomic E-state index is -0.484. The van der Waals surface area contributed by atoms with E-state index in [1.165, 1.54) is 24.5 Å². The van der Waals surface area contributed by atoms with E-state index in [4.69, 9.17) is 4.42 Å². The molecule has 0 fully saturated rings. The number of anilines is 1. The highest BCUT2D eigenvalue weighted by Crippen LogP contribution is 2.22. The van der Waals surface area contributed by atoms with E-state index in [-0.39, 0.29) is 11.4 Å². The maximum atomic E-state index is 12.2. The molecule has 0 aliphatic carbocycles. The van der Waals surface area contributed by atoms with E-state index in [9.17, 15) is 14.9 Å². The number of aromatic amines is 1. The molecule has 0 spiro atoms. The van der Waals surface area contributed by atoms with Gasteiger partial charge in [-0.05, 0) is 30.7 Å². The molecule has 3 rings (SSSR count). The molecule has 0 saturated heterocycles. The fraction of sp³-hybridized carbons (Fsp3) is 0.0667. The van der Waals surface area contributed by atoms with Crippen molar-refractivity contribution in [3.05, 3.63) is 64.0 Å². The molecular weight excluding hydrogens is 300 g/mol. The lowest BCUT2D eigenvalue weighted by molar-refractivity contribution is -0.384. The van der Waals surface area contributed by atoms with Gasteiger partial charge in [0, 0.05) is 23.9 Å². The van der Waals surface area contributed by atoms with Gasteiger partial charge in [0.15, 0.2) is 11.5 Å². The number of nitrogens with one attached hydrogen (secondary N) is 2. The Morgan fingerprint density at radius 2 is 2.17 bits per heavy atom. The predicted molar refractivity (Wildman–Crippen MR) is 82.1 cm³/mol. The second kappa shape index (κ2) is 5.76. The second-order valence-corrected chi connectivity index (χ2v) is 4.85. The van der Waals surface area contributed by atoms with Crippen molar-refractivity contribution in [3.8, 4) is 11.5 Å². The minimum absolute atomic E-state index is 0.0274. The zero-order valence-corrected chi connectivity index (χ0v) is 12.1. The molecule has 1 aromatic carbocycles. The lowest BCUT2D eigenvalue weighted by atomic mass is 10.1. The highest BCUT2D eigenvalue weighted by molar-refractivity contribution is 6.03. The van der Waals surface area contributed by atoms with Crippen molar-refractivity contribution >= 4 is 17.3 Å². The first-order chi connectivity index (χ1) is 11.0. The lowest BCUT2D eigenvalue weighted by Gasteiger charge is -2.06. The number of furan rings is 1. The summed E-state index contributed by atoms with van der Waals surface area (Å²) >= 11 is 0. The van der Waals surface area contributed by atoms with Crippen molar-refractivity contribution < 1.29 is 14.1 Å². The molecule has 0 aliphatic rings. The van der Waals surface area contributed by atoms with Crippen LogP contribution in [0.4, 0.5) is 11.4 Å². The smallest absolute Gasteiger partial charge is 0.276 e. The van der Waals surface area contributed by atoms with Gasteiger partial charge >= 0.3 is 0 Å². The maximum absolute atomic E-state index is 12.2. The lowest BCUT2D eigenvalue weighted by Crippen LogP contribution is -2.13. The van der Waals surface area contributed by atoms with Gasteiger partial charge in [0.2, 0.25) is 0 Å². The Kier molecular flexibility index (Phi) is 3.63. The molecule has 2 aromatic heterocycles. The van der Waals surface area contributed by atoms with Crippen molar-refractivity contribution in [2.45, 2.75) is 6.92 Å². The Morgan fingerprint density at radius 1 is 1.35 bits per heavy atom. The third-order valence-electron chi connectivity index (χ3n) is 3.27. The summed E-state index contributed by atoms with van der Waals surface area (Å²) in [5.74, 6) is 0.152. The van der Waals surface area contributed by atoms with Crippen LogP contribution in [0.3, 0.4) is 0 Å². The topological polar surface area (TPSA) is 114 Å². The average molecular weight is 312 g/mol. The number of benzene rings is 1. The minimum Gasteiger partial charge on any atom is -0.463 e. The summed E-state index contributed by atoms with van der Waals surface area (Å²) in [6.45, 7) is 1.68. The molecule has 116 valence electrons. The van der Waals surface area contributed by atoms with Gasteiger partial charge in [0.05, 0.1) is 11.2 Å². The number of aryl methyl sites for hydroxylation is 1. The highest BCUT2D eigenvalue weighted by atomic mass is 16.6. The summed E-state index contributed by atoms with van der Waals surface area (Å²) in [4.78, 5) is 22.4. The van der Waals surface area contributed by atoms with Gasteiger partial charge < -0.3 is 9.73 Å². The summed E-state index contributed by atoms with van der Waals surface area (Å²) in [6.07, 6.45) is 1.52. The Labute approximate surface area is 130 Å². The SMILES string of the molecule is Cc1cc([N+](=O)[O-])ccc1NC(=O)c1cc(-c2ccco2)[nH]n1. The van der Waals surface area contributed by atoms with Crippen molar-refractivity contribution in [1.29, 1.82) is 0 Å². The molecule has 2 heterocycles. The van der Waals surface area contributed by atoms with Crippen LogP contribution in [0.25, 0.3) is 11.5 Å². The molecule has 8 heteroatoms. The Hall–Kier alpha value is -3.42. The van der Waals surface area contributed by atoms with Crippen LogP contribution in [0.5, 0.6) is 0 Å². The summed E-state index contributed by atoms with van der Waals surface area (Å²) in [5.41, 5.74) is 1.83. The number of nitrogens with zero attached hydrogens (tertiary/aromatic N) is 2. The quantitative estimate of drug-likeness (QED) is 0.567. The zero-order chi connectivity index (χ0) is 16.4. The van der Waals surface area contributed by atoms with Crippen LogP contribution in [-0.4, -0.2) is 21.0 Å². The normalized spacial score (nSPS) is 10.5. The fourth-order valence-corrected chi connectivity index (χ4v) is 2.08. The fourth-order valence-electron chi connectivity index (χ4n) is 2.08. The maximum Gasteiger partial charge on any atom is 0.276 e. The molecule has 1 amide bonds. The number of rotatable bonds is 4. The number of nitro benzene ring substituents is 1. The first kappa shape index (κ1) is 14.5. The summed E-state index contributed by atoms with van der Waals surface area (Å²) < 4.78 is 5.22. The van der Waals surface area contributed by atoms with Crippen molar-refractivity contribution in [2.75, 3.05) is 5.32 Å². The van der Waals surface area contributed by atoms with Gasteiger partial charge in [0.25, 0.3) is 11.6 Å². The van der Waals surface area contributed by atoms with E-state index in [1.54, 1.807) is 25.1 Å². The summed E-state index contributed by atoms with van der Waals surface area (Å²) in [5, 5.41) is 20.1. The number of H-pyrrole nitrogens is 1. The summed E-state index contributed by atoms with van der Waals surface area (Å²) in [7, 11) is 0. The van der Waals surface area contributed by atoms with Crippen molar-refractivity contribution in [3.63, 3.8) is 0 Å². The number of nitro groups is 1. The van der Waals surface area contributed by atoms with Gasteiger partial charge in [-0.25, -0.2) is 0 Å². The first-order valence-electron chi connectivity index (χ1n) is 6.70. The van der Waals surface area contributed by atoms with Crippen LogP contribution in [-0.2, 0) is 0 Å². The number of hydrogen-bond acceptors (Lipinski definition) is 5. The van der Waals surface area contributed by atoms with Crippen LogP contribution in [0, 0.1) is 17.0 Å². The molecule has 0 unspecified atom stereocenters. The van der Waals surface area contributed by atoms with Gasteiger partial charge in [0.1, 0.15) is 5.69 Å². The van der Waals surface area contributed by atoms with Gasteiger partial charge in [-0.3, -0.25) is 20.0 Å². The van der Waals surface area contributed by atoms with Crippen LogP contribution in [0.1, 0.15) is 16.1 Å². The molecule has 23 heavy (non-hydrogen) atoms. The largest absolute Gasteiger partial charge is 0.463 e. The number of carbonyl (C=O) groups is 1. The molecule has 0 aliphatic heterocycles. The number of non-ortho nitro benzene ring substituents is 1. The molecule has 0 radical (unpaired) electrons. The molecule has 2 N–H and O–H groups in total. The van der Waals surface area contributed by atoms with Crippen LogP contribution < -0.4 is 5.32 Å². The predicted octanol–water partition coefficient (Wildman–Crippen LogP) is 3.14. The van der Waals surface area contributed by atoms with Crippen LogP contribution in [0.15, 0.2) is 47.1 Å². The highest BCUT2D eigenvalue weighted by Gasteiger charge is 2.15. The molecule has 0 atom stereocenters. The number of amides is 1. The van der Waals surface area contributed by atoms with E-state index >= 15 is 0 Å². The van der Waals surface area contributed by atoms with E-state index in [0.29, 0.717) is 22.7 Å². The standard InChI is InChI=1S/C15H12N4O4/c1-9-7-10(19(21)22)4-5-11(9)16-15(20)13-8-12(17-18-13)14-3-2-6-23-14/h2-8H,1H3,(H,16,20)(H,17,18). The third kappa shape index (κ3) is 2.95. The van der Waals surface area contributed by atoms with Crippen molar-refractivity contribution in [1.82, 2.24) is 10.2 Å². The monoisotopic (exact) mass is 312 g/mol. The van der Waals surface area contributed by atoms with Gasteiger partial charge in [-0.2, -0.15) is 5.10 Å². The van der Waals surface area contributed by atoms with E-state index in [0.717, 1.165) is 0 Å².